The molecule has 178 valence electrons. The maximum absolute atomic E-state index is 13.7. The Labute approximate surface area is 207 Å². The Morgan fingerprint density at radius 1 is 0.833 bits per heavy atom. The van der Waals surface area contributed by atoms with E-state index in [-0.39, 0.29) is 5.78 Å². The largest absolute Gasteiger partial charge is 0.497 e. The standard InChI is InChI=1S/C29H23N3O4/c1-34-19-11-7-17(8-12-19)16-30-24-15-23(31-18-9-13-20(35-2)14-10-18)25-26-27(24)32-36-29(26)22-6-4-3-5-21(22)28(25)33/h3-15,30-31H,16H2,1-2H3. The van der Waals surface area contributed by atoms with Gasteiger partial charge in [0.05, 0.1) is 36.5 Å². The van der Waals surface area contributed by atoms with Gasteiger partial charge in [0.15, 0.2) is 11.5 Å². The molecule has 6 rings (SSSR count). The third-order valence-electron chi connectivity index (χ3n) is 6.41. The van der Waals surface area contributed by atoms with Gasteiger partial charge in [-0.3, -0.25) is 4.79 Å². The van der Waals surface area contributed by atoms with Crippen molar-refractivity contribution in [3.63, 3.8) is 0 Å². The Bertz CT molecular complexity index is 1590. The zero-order valence-electron chi connectivity index (χ0n) is 19.8. The number of ether oxygens (including phenoxy) is 2. The first-order valence-corrected chi connectivity index (χ1v) is 11.5. The van der Waals surface area contributed by atoms with Gasteiger partial charge in [0, 0.05) is 23.4 Å². The average Bonchev–Trinajstić information content (AvgIpc) is 3.37. The summed E-state index contributed by atoms with van der Waals surface area (Å²) in [6.45, 7) is 0.563. The monoisotopic (exact) mass is 477 g/mol. The Balaban J connectivity index is 1.46. The molecule has 0 atom stereocenters. The Morgan fingerprint density at radius 3 is 2.19 bits per heavy atom. The Hall–Kier alpha value is -4.78. The lowest BCUT2D eigenvalue weighted by Crippen LogP contribution is -2.12. The van der Waals surface area contributed by atoms with Crippen LogP contribution in [0.15, 0.2) is 83.4 Å². The summed E-state index contributed by atoms with van der Waals surface area (Å²) in [5.74, 6) is 2.09. The van der Waals surface area contributed by atoms with Crippen molar-refractivity contribution >= 4 is 33.7 Å². The smallest absolute Gasteiger partial charge is 0.196 e. The molecule has 1 aromatic heterocycles. The van der Waals surface area contributed by atoms with Crippen LogP contribution in [-0.4, -0.2) is 25.2 Å². The van der Waals surface area contributed by atoms with E-state index in [1.807, 2.05) is 78.9 Å². The molecular formula is C29H23N3O4. The highest BCUT2D eigenvalue weighted by Gasteiger charge is 2.32. The number of ketones is 1. The van der Waals surface area contributed by atoms with Crippen molar-refractivity contribution in [2.24, 2.45) is 0 Å². The molecule has 0 aliphatic heterocycles. The van der Waals surface area contributed by atoms with Crippen LogP contribution >= 0.6 is 0 Å². The minimum Gasteiger partial charge on any atom is -0.497 e. The zero-order chi connectivity index (χ0) is 24.6. The molecule has 0 unspecified atom stereocenters. The average molecular weight is 478 g/mol. The van der Waals surface area contributed by atoms with Gasteiger partial charge in [-0.05, 0) is 48.0 Å². The molecule has 4 aromatic carbocycles. The third-order valence-corrected chi connectivity index (χ3v) is 6.41. The fraction of sp³-hybridized carbons (Fsp3) is 0.103. The number of fused-ring (bicyclic) bond motifs is 2. The van der Waals surface area contributed by atoms with Crippen LogP contribution in [0.5, 0.6) is 11.5 Å². The van der Waals surface area contributed by atoms with Crippen molar-refractivity contribution in [1.29, 1.82) is 0 Å². The number of benzene rings is 4. The first kappa shape index (κ1) is 21.7. The molecule has 0 bridgehead atoms. The van der Waals surface area contributed by atoms with Crippen LogP contribution in [0.1, 0.15) is 21.5 Å². The van der Waals surface area contributed by atoms with E-state index in [2.05, 4.69) is 15.8 Å². The number of hydrogen-bond acceptors (Lipinski definition) is 7. The molecular weight excluding hydrogens is 454 g/mol. The first-order chi connectivity index (χ1) is 17.7. The van der Waals surface area contributed by atoms with E-state index in [9.17, 15) is 4.79 Å². The highest BCUT2D eigenvalue weighted by Crippen LogP contribution is 2.45. The quantitative estimate of drug-likeness (QED) is 0.275. The molecule has 1 heterocycles. The fourth-order valence-corrected chi connectivity index (χ4v) is 4.56. The summed E-state index contributed by atoms with van der Waals surface area (Å²) in [7, 11) is 3.28. The summed E-state index contributed by atoms with van der Waals surface area (Å²) in [4.78, 5) is 13.7. The van der Waals surface area contributed by atoms with Crippen LogP contribution in [0.3, 0.4) is 0 Å². The molecule has 0 spiro atoms. The zero-order valence-corrected chi connectivity index (χ0v) is 19.8. The molecule has 0 saturated heterocycles. The van der Waals surface area contributed by atoms with Crippen LogP contribution in [0.4, 0.5) is 17.1 Å². The minimum atomic E-state index is -0.0657. The summed E-state index contributed by atoms with van der Waals surface area (Å²) in [6.07, 6.45) is 0. The van der Waals surface area contributed by atoms with Gasteiger partial charge in [-0.1, -0.05) is 41.6 Å². The van der Waals surface area contributed by atoms with Gasteiger partial charge in [0.2, 0.25) is 0 Å². The second kappa shape index (κ2) is 8.78. The minimum absolute atomic E-state index is 0.0657. The summed E-state index contributed by atoms with van der Waals surface area (Å²) in [6, 6.07) is 24.8. The Morgan fingerprint density at radius 2 is 1.50 bits per heavy atom. The molecule has 36 heavy (non-hydrogen) atoms. The van der Waals surface area contributed by atoms with E-state index < -0.39 is 0 Å². The van der Waals surface area contributed by atoms with Crippen molar-refractivity contribution in [3.05, 3.63) is 95.6 Å². The van der Waals surface area contributed by atoms with E-state index in [1.54, 1.807) is 14.2 Å². The number of carbonyl (C=O) groups is 1. The molecule has 1 aliphatic rings. The molecule has 5 aromatic rings. The maximum atomic E-state index is 13.7. The van der Waals surface area contributed by atoms with Crippen LogP contribution in [0.2, 0.25) is 0 Å². The number of carbonyl (C=O) groups excluding carboxylic acids is 1. The van der Waals surface area contributed by atoms with E-state index in [1.165, 1.54) is 0 Å². The predicted molar refractivity (Wildman–Crippen MR) is 139 cm³/mol. The number of aromatic nitrogens is 1. The van der Waals surface area contributed by atoms with Gasteiger partial charge in [-0.15, -0.1) is 0 Å². The Kier molecular flexibility index (Phi) is 5.30. The number of methoxy groups -OCH3 is 2. The van der Waals surface area contributed by atoms with Gasteiger partial charge in [0.1, 0.15) is 17.0 Å². The fourth-order valence-electron chi connectivity index (χ4n) is 4.56. The maximum Gasteiger partial charge on any atom is 0.196 e. The lowest BCUT2D eigenvalue weighted by molar-refractivity contribution is 0.104. The SMILES string of the molecule is COc1ccc(CNc2cc(Nc3ccc(OC)cc3)c3c4c(onc24)-c2ccccc2C3=O)cc1. The van der Waals surface area contributed by atoms with Crippen molar-refractivity contribution in [2.45, 2.75) is 6.54 Å². The highest BCUT2D eigenvalue weighted by atomic mass is 16.5. The lowest BCUT2D eigenvalue weighted by atomic mass is 9.86. The lowest BCUT2D eigenvalue weighted by Gasteiger charge is -2.20. The van der Waals surface area contributed by atoms with E-state index >= 15 is 0 Å². The summed E-state index contributed by atoms with van der Waals surface area (Å²) >= 11 is 0. The second-order valence-electron chi connectivity index (χ2n) is 8.51. The van der Waals surface area contributed by atoms with Gasteiger partial charge >= 0.3 is 0 Å². The summed E-state index contributed by atoms with van der Waals surface area (Å²) in [5.41, 5.74) is 5.87. The predicted octanol–water partition coefficient (Wildman–Crippen LogP) is 6.41. The number of anilines is 3. The van der Waals surface area contributed by atoms with Crippen LogP contribution in [0, 0.1) is 0 Å². The van der Waals surface area contributed by atoms with Crippen LogP contribution < -0.4 is 20.1 Å². The molecule has 7 nitrogen and oxygen atoms in total. The summed E-state index contributed by atoms with van der Waals surface area (Å²) in [5, 5.41) is 12.0. The third kappa shape index (κ3) is 3.62. The highest BCUT2D eigenvalue weighted by molar-refractivity contribution is 6.28. The van der Waals surface area contributed by atoms with Crippen LogP contribution in [-0.2, 0) is 6.54 Å². The van der Waals surface area contributed by atoms with Gasteiger partial charge < -0.3 is 24.6 Å². The number of rotatable bonds is 7. The normalized spacial score (nSPS) is 11.8. The summed E-state index contributed by atoms with van der Waals surface area (Å²) < 4.78 is 16.4. The number of nitrogens with zero attached hydrogens (tertiary/aromatic N) is 1. The van der Waals surface area contributed by atoms with Crippen molar-refractivity contribution in [3.8, 4) is 22.8 Å². The van der Waals surface area contributed by atoms with Crippen LogP contribution in [0.25, 0.3) is 22.2 Å². The second-order valence-corrected chi connectivity index (χ2v) is 8.51. The topological polar surface area (TPSA) is 85.6 Å². The van der Waals surface area contributed by atoms with Gasteiger partial charge in [-0.25, -0.2) is 0 Å². The van der Waals surface area contributed by atoms with E-state index in [0.29, 0.717) is 40.0 Å². The first-order valence-electron chi connectivity index (χ1n) is 11.5. The molecule has 0 radical (unpaired) electrons. The molecule has 2 N–H and O–H groups in total. The number of nitrogens with one attached hydrogen (secondary N) is 2. The molecule has 7 heteroatoms. The molecule has 0 saturated carbocycles. The number of hydrogen-bond donors (Lipinski definition) is 2. The molecule has 0 amide bonds. The van der Waals surface area contributed by atoms with E-state index in [0.717, 1.165) is 34.0 Å². The molecule has 0 fully saturated rings. The van der Waals surface area contributed by atoms with E-state index in [4.69, 9.17) is 14.0 Å². The van der Waals surface area contributed by atoms with Crippen molar-refractivity contribution in [2.75, 3.05) is 24.9 Å². The van der Waals surface area contributed by atoms with Crippen molar-refractivity contribution < 1.29 is 18.8 Å². The van der Waals surface area contributed by atoms with Crippen molar-refractivity contribution in [1.82, 2.24) is 5.16 Å². The molecule has 1 aliphatic carbocycles. The van der Waals surface area contributed by atoms with Gasteiger partial charge in [0.25, 0.3) is 0 Å². The van der Waals surface area contributed by atoms with Gasteiger partial charge in [-0.2, -0.15) is 0 Å².